The van der Waals surface area contributed by atoms with Crippen molar-refractivity contribution in [3.8, 4) is 0 Å². The largest absolute Gasteiger partial charge is 0.0654 e. The highest BCUT2D eigenvalue weighted by atomic mass is 14.4. The highest BCUT2D eigenvalue weighted by Crippen LogP contribution is 2.43. The second-order valence-electron chi connectivity index (χ2n) is 9.61. The normalized spacial score (nSPS) is 30.5. The molecule has 0 aromatic carbocycles. The van der Waals surface area contributed by atoms with Crippen LogP contribution in [0.25, 0.3) is 0 Å². The summed E-state index contributed by atoms with van der Waals surface area (Å²) in [7, 11) is 0. The Balaban J connectivity index is 1.51. The molecule has 0 heteroatoms. The van der Waals surface area contributed by atoms with Crippen LogP contribution in [0.4, 0.5) is 0 Å². The van der Waals surface area contributed by atoms with Gasteiger partial charge in [-0.2, -0.15) is 0 Å². The van der Waals surface area contributed by atoms with Gasteiger partial charge in [0.15, 0.2) is 0 Å². The molecular weight excluding hydrogens is 300 g/mol. The van der Waals surface area contributed by atoms with Crippen LogP contribution in [0.3, 0.4) is 0 Å². The average molecular weight is 349 g/mol. The third kappa shape index (κ3) is 8.49. The molecule has 0 atom stereocenters. The topological polar surface area (TPSA) is 0 Å². The number of hydrogen-bond donors (Lipinski definition) is 0. The van der Waals surface area contributed by atoms with E-state index in [1.165, 1.54) is 64.2 Å². The maximum absolute atomic E-state index is 2.33. The van der Waals surface area contributed by atoms with Crippen LogP contribution in [0.1, 0.15) is 136 Å². The van der Waals surface area contributed by atoms with Crippen molar-refractivity contribution in [3.05, 3.63) is 0 Å². The monoisotopic (exact) mass is 348 g/mol. The molecule has 0 saturated heterocycles. The number of unbranched alkanes of at least 4 members (excludes halogenated alkanes) is 7. The molecule has 0 aromatic rings. The van der Waals surface area contributed by atoms with E-state index in [4.69, 9.17) is 0 Å². The van der Waals surface area contributed by atoms with Gasteiger partial charge in [-0.15, -0.1) is 0 Å². The Morgan fingerprint density at radius 1 is 0.440 bits per heavy atom. The van der Waals surface area contributed by atoms with Gasteiger partial charge < -0.3 is 0 Å². The van der Waals surface area contributed by atoms with Gasteiger partial charge in [0, 0.05) is 0 Å². The first-order valence-corrected chi connectivity index (χ1v) is 12.3. The van der Waals surface area contributed by atoms with Crippen molar-refractivity contribution in [2.24, 2.45) is 23.7 Å². The summed E-state index contributed by atoms with van der Waals surface area (Å²) in [6.45, 7) is 4.65. The van der Waals surface area contributed by atoms with Crippen molar-refractivity contribution in [1.82, 2.24) is 0 Å². The van der Waals surface area contributed by atoms with Gasteiger partial charge in [0.05, 0.1) is 0 Å². The van der Waals surface area contributed by atoms with Crippen LogP contribution in [0.5, 0.6) is 0 Å². The van der Waals surface area contributed by atoms with E-state index in [1.54, 1.807) is 57.8 Å². The standard InChI is InChI=1S/C25H48/c1-3-5-7-8-9-11-13-23-16-20-25(21-17-23)24-18-14-22(15-19-24)12-10-6-4-2/h22-25H,3-21H2,1-2H3/t22-,23-,24-,25-. The first-order valence-electron chi connectivity index (χ1n) is 12.3. The molecule has 0 unspecified atom stereocenters. The van der Waals surface area contributed by atoms with Crippen LogP contribution in [0.2, 0.25) is 0 Å². The van der Waals surface area contributed by atoms with E-state index in [2.05, 4.69) is 13.8 Å². The summed E-state index contributed by atoms with van der Waals surface area (Å²) >= 11 is 0. The summed E-state index contributed by atoms with van der Waals surface area (Å²) in [5.41, 5.74) is 0. The zero-order valence-corrected chi connectivity index (χ0v) is 17.7. The Labute approximate surface area is 159 Å². The smallest absolute Gasteiger partial charge is 0.0386 e. The lowest BCUT2D eigenvalue weighted by Crippen LogP contribution is -2.25. The quantitative estimate of drug-likeness (QED) is 0.309. The Bertz CT molecular complexity index is 291. The third-order valence-corrected chi connectivity index (χ3v) is 7.63. The van der Waals surface area contributed by atoms with E-state index >= 15 is 0 Å². The van der Waals surface area contributed by atoms with Gasteiger partial charge in [-0.05, 0) is 49.4 Å². The summed E-state index contributed by atoms with van der Waals surface area (Å²) in [5, 5.41) is 0. The molecule has 0 heterocycles. The highest BCUT2D eigenvalue weighted by molar-refractivity contribution is 4.82. The number of hydrogen-bond acceptors (Lipinski definition) is 0. The molecule has 148 valence electrons. The van der Waals surface area contributed by atoms with Crippen molar-refractivity contribution in [2.75, 3.05) is 0 Å². The molecule has 0 amide bonds. The highest BCUT2D eigenvalue weighted by Gasteiger charge is 2.30. The summed E-state index contributed by atoms with van der Waals surface area (Å²) in [5.74, 6) is 4.40. The van der Waals surface area contributed by atoms with Gasteiger partial charge in [-0.3, -0.25) is 0 Å². The van der Waals surface area contributed by atoms with Gasteiger partial charge >= 0.3 is 0 Å². The van der Waals surface area contributed by atoms with Crippen LogP contribution in [-0.2, 0) is 0 Å². The molecule has 0 spiro atoms. The van der Waals surface area contributed by atoms with Crippen LogP contribution in [-0.4, -0.2) is 0 Å². The predicted molar refractivity (Wildman–Crippen MR) is 113 cm³/mol. The van der Waals surface area contributed by atoms with Crippen molar-refractivity contribution in [3.63, 3.8) is 0 Å². The first-order chi connectivity index (χ1) is 12.3. The molecular formula is C25H48. The Morgan fingerprint density at radius 2 is 0.800 bits per heavy atom. The van der Waals surface area contributed by atoms with Crippen LogP contribution in [0, 0.1) is 23.7 Å². The molecule has 25 heavy (non-hydrogen) atoms. The lowest BCUT2D eigenvalue weighted by atomic mass is 9.68. The third-order valence-electron chi connectivity index (χ3n) is 7.63. The van der Waals surface area contributed by atoms with Crippen LogP contribution >= 0.6 is 0 Å². The Hall–Kier alpha value is 0. The van der Waals surface area contributed by atoms with E-state index in [1.807, 2.05) is 0 Å². The van der Waals surface area contributed by atoms with Crippen LogP contribution < -0.4 is 0 Å². The Kier molecular flexibility index (Phi) is 11.3. The second-order valence-corrected chi connectivity index (χ2v) is 9.61. The van der Waals surface area contributed by atoms with E-state index in [0.29, 0.717) is 0 Å². The molecule has 0 aliphatic heterocycles. The molecule has 2 fully saturated rings. The average Bonchev–Trinajstić information content (AvgIpc) is 2.66. The van der Waals surface area contributed by atoms with Gasteiger partial charge in [-0.1, -0.05) is 110 Å². The van der Waals surface area contributed by atoms with Crippen molar-refractivity contribution >= 4 is 0 Å². The number of rotatable bonds is 12. The first kappa shape index (κ1) is 21.3. The van der Waals surface area contributed by atoms with E-state index in [9.17, 15) is 0 Å². The van der Waals surface area contributed by atoms with Gasteiger partial charge in [0.2, 0.25) is 0 Å². The van der Waals surface area contributed by atoms with E-state index < -0.39 is 0 Å². The molecule has 0 nitrogen and oxygen atoms in total. The zero-order valence-electron chi connectivity index (χ0n) is 17.7. The Morgan fingerprint density at radius 3 is 1.28 bits per heavy atom. The minimum Gasteiger partial charge on any atom is -0.0654 e. The molecule has 2 rings (SSSR count). The minimum absolute atomic E-state index is 1.09. The molecule has 0 radical (unpaired) electrons. The molecule has 2 saturated carbocycles. The van der Waals surface area contributed by atoms with E-state index in [0.717, 1.165) is 23.7 Å². The maximum Gasteiger partial charge on any atom is -0.0386 e. The lowest BCUT2D eigenvalue weighted by molar-refractivity contribution is 0.139. The fourth-order valence-corrected chi connectivity index (χ4v) is 5.79. The predicted octanol–water partition coefficient (Wildman–Crippen LogP) is 8.93. The van der Waals surface area contributed by atoms with Gasteiger partial charge in [0.25, 0.3) is 0 Å². The fraction of sp³-hybridized carbons (Fsp3) is 1.00. The SMILES string of the molecule is CCCCCCCC[C@H]1CC[C@H]([C@H]2CC[C@H](CCCCC)CC2)CC1. The van der Waals surface area contributed by atoms with Gasteiger partial charge in [0.1, 0.15) is 0 Å². The summed E-state index contributed by atoms with van der Waals surface area (Å²) in [6, 6.07) is 0. The lowest BCUT2D eigenvalue weighted by Gasteiger charge is -2.38. The minimum atomic E-state index is 1.09. The molecule has 0 aromatic heterocycles. The van der Waals surface area contributed by atoms with Crippen LogP contribution in [0.15, 0.2) is 0 Å². The van der Waals surface area contributed by atoms with Crippen molar-refractivity contribution in [1.29, 1.82) is 0 Å². The molecule has 2 aliphatic rings. The summed E-state index contributed by atoms with van der Waals surface area (Å²) in [4.78, 5) is 0. The molecule has 2 aliphatic carbocycles. The molecule has 0 bridgehead atoms. The molecule has 0 N–H and O–H groups in total. The summed E-state index contributed by atoms with van der Waals surface area (Å²) < 4.78 is 0. The van der Waals surface area contributed by atoms with Gasteiger partial charge in [-0.25, -0.2) is 0 Å². The second kappa shape index (κ2) is 13.2. The summed E-state index contributed by atoms with van der Waals surface area (Å²) in [6.07, 6.45) is 28.8. The fourth-order valence-electron chi connectivity index (χ4n) is 5.79. The van der Waals surface area contributed by atoms with Crippen molar-refractivity contribution in [2.45, 2.75) is 136 Å². The van der Waals surface area contributed by atoms with E-state index in [-0.39, 0.29) is 0 Å². The zero-order chi connectivity index (χ0) is 17.7. The maximum atomic E-state index is 2.33. The van der Waals surface area contributed by atoms with Crippen molar-refractivity contribution < 1.29 is 0 Å².